The summed E-state index contributed by atoms with van der Waals surface area (Å²) in [5.74, 6) is 6.12. The Morgan fingerprint density at radius 3 is 2.79 bits per heavy atom. The summed E-state index contributed by atoms with van der Waals surface area (Å²) in [4.78, 5) is 15.5. The van der Waals surface area contributed by atoms with E-state index < -0.39 is 11.7 Å². The highest BCUT2D eigenvalue weighted by molar-refractivity contribution is 5.68. The number of nitrogens with one attached hydrogen (secondary N) is 1. The molecule has 5 nitrogen and oxygen atoms in total. The van der Waals surface area contributed by atoms with Crippen molar-refractivity contribution >= 4 is 6.09 Å². The summed E-state index contributed by atoms with van der Waals surface area (Å²) in [6.07, 6.45) is -0.486. The molecule has 102 valence electrons. The Labute approximate surface area is 113 Å². The maximum atomic E-state index is 11.3. The molecule has 1 heterocycles. The first-order chi connectivity index (χ1) is 8.90. The van der Waals surface area contributed by atoms with Gasteiger partial charge in [0.1, 0.15) is 11.3 Å². The van der Waals surface area contributed by atoms with Crippen LogP contribution in [0.2, 0.25) is 0 Å². The Bertz CT molecular complexity index is 495. The molecule has 0 bridgehead atoms. The van der Waals surface area contributed by atoms with Gasteiger partial charge >= 0.3 is 6.09 Å². The molecule has 0 aliphatic heterocycles. The summed E-state index contributed by atoms with van der Waals surface area (Å²) < 4.78 is 10.1. The third-order valence-electron chi connectivity index (χ3n) is 1.87. The molecule has 1 aromatic heterocycles. The van der Waals surface area contributed by atoms with Crippen molar-refractivity contribution in [1.29, 1.82) is 0 Å². The number of carbonyl (C=O) groups excluding carboxylic acids is 1. The molecule has 0 spiro atoms. The van der Waals surface area contributed by atoms with Crippen LogP contribution in [0.3, 0.4) is 0 Å². The molecule has 19 heavy (non-hydrogen) atoms. The third kappa shape index (κ3) is 6.32. The van der Waals surface area contributed by atoms with Crippen molar-refractivity contribution in [2.24, 2.45) is 0 Å². The number of hydrogen-bond acceptors (Lipinski definition) is 4. The van der Waals surface area contributed by atoms with Crippen LogP contribution in [0.15, 0.2) is 18.2 Å². The summed E-state index contributed by atoms with van der Waals surface area (Å²) in [7, 11) is 1.55. The normalized spacial score (nSPS) is 10.1. The Balaban J connectivity index is 2.45. The van der Waals surface area contributed by atoms with Crippen LogP contribution in [0.4, 0.5) is 4.79 Å². The molecule has 0 atom stereocenters. The predicted octanol–water partition coefficient (Wildman–Crippen LogP) is 1.97. The summed E-state index contributed by atoms with van der Waals surface area (Å²) in [5.41, 5.74) is 0.0802. The molecule has 0 fully saturated rings. The van der Waals surface area contributed by atoms with E-state index in [1.54, 1.807) is 46.1 Å². The summed E-state index contributed by atoms with van der Waals surface area (Å²) in [6, 6.07) is 5.31. The Hall–Kier alpha value is -2.22. The van der Waals surface area contributed by atoms with E-state index in [1.165, 1.54) is 0 Å². The van der Waals surface area contributed by atoms with Crippen LogP contribution >= 0.6 is 0 Å². The van der Waals surface area contributed by atoms with E-state index in [1.807, 2.05) is 0 Å². The van der Waals surface area contributed by atoms with Crippen molar-refractivity contribution < 1.29 is 14.3 Å². The van der Waals surface area contributed by atoms with Crippen LogP contribution in [0.25, 0.3) is 0 Å². The Morgan fingerprint density at radius 1 is 1.42 bits per heavy atom. The van der Waals surface area contributed by atoms with Crippen LogP contribution in [0.1, 0.15) is 26.5 Å². The molecule has 1 aromatic rings. The summed E-state index contributed by atoms with van der Waals surface area (Å²) >= 11 is 0. The van der Waals surface area contributed by atoms with Crippen molar-refractivity contribution in [3.8, 4) is 17.7 Å². The maximum Gasteiger partial charge on any atom is 0.408 e. The number of methoxy groups -OCH3 is 1. The van der Waals surface area contributed by atoms with Crippen molar-refractivity contribution in [2.75, 3.05) is 13.7 Å². The summed E-state index contributed by atoms with van der Waals surface area (Å²) in [5, 5.41) is 2.54. The topological polar surface area (TPSA) is 60.5 Å². The molecule has 0 saturated heterocycles. The fourth-order valence-electron chi connectivity index (χ4n) is 1.16. The second-order valence-corrected chi connectivity index (χ2v) is 4.72. The van der Waals surface area contributed by atoms with Crippen molar-refractivity contribution in [1.82, 2.24) is 10.3 Å². The lowest BCUT2D eigenvalue weighted by Gasteiger charge is -2.18. The largest absolute Gasteiger partial charge is 0.481 e. The smallest absolute Gasteiger partial charge is 0.408 e. The number of ether oxygens (including phenoxy) is 2. The van der Waals surface area contributed by atoms with Crippen LogP contribution in [0.5, 0.6) is 5.88 Å². The molecule has 0 aromatic carbocycles. The molecule has 0 aliphatic rings. The minimum absolute atomic E-state index is 0.202. The van der Waals surface area contributed by atoms with Gasteiger partial charge in [0, 0.05) is 6.07 Å². The highest BCUT2D eigenvalue weighted by Gasteiger charge is 2.14. The van der Waals surface area contributed by atoms with Gasteiger partial charge in [0.2, 0.25) is 5.88 Å². The maximum absolute atomic E-state index is 11.3. The Kier molecular flexibility index (Phi) is 5.19. The number of amides is 1. The van der Waals surface area contributed by atoms with Crippen LogP contribution < -0.4 is 10.1 Å². The van der Waals surface area contributed by atoms with Gasteiger partial charge in [-0.05, 0) is 32.8 Å². The fraction of sp³-hybridized carbons (Fsp3) is 0.429. The lowest BCUT2D eigenvalue weighted by Crippen LogP contribution is -2.32. The number of nitrogens with zero attached hydrogens (tertiary/aromatic N) is 1. The van der Waals surface area contributed by atoms with E-state index in [9.17, 15) is 4.79 Å². The minimum atomic E-state index is -0.508. The Morgan fingerprint density at radius 2 is 2.16 bits per heavy atom. The van der Waals surface area contributed by atoms with E-state index in [-0.39, 0.29) is 6.54 Å². The SMILES string of the molecule is COc1cccc(C#CCNC(=O)OC(C)(C)C)n1. The lowest BCUT2D eigenvalue weighted by atomic mass is 10.2. The zero-order chi connectivity index (χ0) is 14.3. The second kappa shape index (κ2) is 6.64. The van der Waals surface area contributed by atoms with Gasteiger partial charge in [-0.15, -0.1) is 0 Å². The zero-order valence-electron chi connectivity index (χ0n) is 11.6. The second-order valence-electron chi connectivity index (χ2n) is 4.72. The molecule has 1 amide bonds. The quantitative estimate of drug-likeness (QED) is 0.828. The van der Waals surface area contributed by atoms with Gasteiger partial charge in [0.05, 0.1) is 13.7 Å². The van der Waals surface area contributed by atoms with E-state index in [0.29, 0.717) is 11.6 Å². The molecule has 5 heteroatoms. The van der Waals surface area contributed by atoms with Gasteiger partial charge in [0.25, 0.3) is 0 Å². The van der Waals surface area contributed by atoms with Crippen molar-refractivity contribution in [3.63, 3.8) is 0 Å². The highest BCUT2D eigenvalue weighted by atomic mass is 16.6. The van der Waals surface area contributed by atoms with Crippen molar-refractivity contribution in [3.05, 3.63) is 23.9 Å². The van der Waals surface area contributed by atoms with Gasteiger partial charge in [-0.1, -0.05) is 12.0 Å². The van der Waals surface area contributed by atoms with Crippen LogP contribution in [-0.4, -0.2) is 30.3 Å². The zero-order valence-corrected chi connectivity index (χ0v) is 11.6. The lowest BCUT2D eigenvalue weighted by molar-refractivity contribution is 0.0535. The van der Waals surface area contributed by atoms with Crippen LogP contribution in [-0.2, 0) is 4.74 Å². The number of pyridine rings is 1. The molecular formula is C14H18N2O3. The highest BCUT2D eigenvalue weighted by Crippen LogP contribution is 2.06. The predicted molar refractivity (Wildman–Crippen MR) is 71.9 cm³/mol. The van der Waals surface area contributed by atoms with Crippen molar-refractivity contribution in [2.45, 2.75) is 26.4 Å². The molecule has 1 N–H and O–H groups in total. The number of rotatable bonds is 2. The third-order valence-corrected chi connectivity index (χ3v) is 1.87. The molecule has 0 radical (unpaired) electrons. The van der Waals surface area contributed by atoms with E-state index in [0.717, 1.165) is 0 Å². The van der Waals surface area contributed by atoms with Gasteiger partial charge in [-0.25, -0.2) is 9.78 Å². The van der Waals surface area contributed by atoms with Gasteiger partial charge in [-0.3, -0.25) is 0 Å². The summed E-state index contributed by atoms with van der Waals surface area (Å²) in [6.45, 7) is 5.61. The number of aromatic nitrogens is 1. The first-order valence-corrected chi connectivity index (χ1v) is 5.87. The average Bonchev–Trinajstić information content (AvgIpc) is 2.33. The monoisotopic (exact) mass is 262 g/mol. The molecule has 0 aliphatic carbocycles. The molecule has 0 unspecified atom stereocenters. The van der Waals surface area contributed by atoms with E-state index in [2.05, 4.69) is 22.1 Å². The van der Waals surface area contributed by atoms with E-state index in [4.69, 9.17) is 9.47 Å². The van der Waals surface area contributed by atoms with Gasteiger partial charge in [-0.2, -0.15) is 0 Å². The minimum Gasteiger partial charge on any atom is -0.481 e. The van der Waals surface area contributed by atoms with Gasteiger partial charge < -0.3 is 14.8 Å². The number of hydrogen-bond donors (Lipinski definition) is 1. The average molecular weight is 262 g/mol. The molecule has 0 saturated carbocycles. The number of carbonyl (C=O) groups is 1. The molecular weight excluding hydrogens is 244 g/mol. The van der Waals surface area contributed by atoms with E-state index >= 15 is 0 Å². The standard InChI is InChI=1S/C14H18N2O3/c1-14(2,3)19-13(17)15-10-6-8-11-7-5-9-12(16-11)18-4/h5,7,9H,10H2,1-4H3,(H,15,17). The van der Waals surface area contributed by atoms with Gasteiger partial charge in [0.15, 0.2) is 0 Å². The number of alkyl carbamates (subject to hydrolysis) is 1. The first-order valence-electron chi connectivity index (χ1n) is 5.87. The fourth-order valence-corrected chi connectivity index (χ4v) is 1.16. The first kappa shape index (κ1) is 14.8. The van der Waals surface area contributed by atoms with Crippen LogP contribution in [0, 0.1) is 11.8 Å². The molecule has 1 rings (SSSR count).